The minimum absolute atomic E-state index is 0.00338. The normalized spacial score (nSPS) is 27.8. The number of nitrogens with one attached hydrogen (secondary N) is 1. The summed E-state index contributed by atoms with van der Waals surface area (Å²) in [5, 5.41) is 0. The number of carbonyl (C=O) groups excluding carboxylic acids is 8. The van der Waals surface area contributed by atoms with Crippen LogP contribution in [0.2, 0.25) is 0 Å². The lowest BCUT2D eigenvalue weighted by atomic mass is 9.88. The Hall–Kier alpha value is -5.33. The number of sulfonamides is 4. The topological polar surface area (TPSA) is 360 Å². The summed E-state index contributed by atoms with van der Waals surface area (Å²) in [5.41, 5.74) is -4.30. The first-order valence-corrected chi connectivity index (χ1v) is 33.7. The van der Waals surface area contributed by atoms with Gasteiger partial charge in [0.15, 0.2) is 9.84 Å². The van der Waals surface area contributed by atoms with Crippen LogP contribution in [0.1, 0.15) is 96.8 Å². The van der Waals surface area contributed by atoms with Crippen LogP contribution in [0.4, 0.5) is 13.2 Å². The zero-order chi connectivity index (χ0) is 61.8. The Morgan fingerprint density at radius 2 is 1.33 bits per heavy atom. The molecule has 5 saturated heterocycles. The van der Waals surface area contributed by atoms with Crippen LogP contribution in [-0.4, -0.2) is 186 Å². The number of nitrogens with zero attached hydrogens (tertiary/aromatic N) is 4. The predicted octanol–water partition coefficient (Wildman–Crippen LogP) is 1.31. The van der Waals surface area contributed by atoms with Gasteiger partial charge in [-0.25, -0.2) is 51.1 Å². The Kier molecular flexibility index (Phi) is 21.6. The number of rotatable bonds is 14. The minimum Gasteiger partial charge on any atom is -0.463 e. The molecule has 8 fully saturated rings. The number of ketones is 1. The maximum atomic E-state index is 12.4. The molecule has 5 atom stereocenters. The first-order valence-electron chi connectivity index (χ1n) is 25.2. The van der Waals surface area contributed by atoms with E-state index in [9.17, 15) is 93.6 Å². The number of ether oxygens (including phenoxy) is 3. The summed E-state index contributed by atoms with van der Waals surface area (Å²) >= 11 is 5.07. The highest BCUT2D eigenvalue weighted by Gasteiger charge is 2.63. The Morgan fingerprint density at radius 3 is 1.91 bits per heavy atom. The number of allylic oxidation sites excluding steroid dienone is 2. The smallest absolute Gasteiger partial charge is 0.463 e. The molecule has 0 spiro atoms. The number of Topliss-reactive ketones (excluding diaryl/α,β-unsaturated/α-hetero) is 1. The Labute approximate surface area is 477 Å². The standard InChI is InChI=1S/C16H17NO6.C11H17F3N2O6S3.C10H15NO7S2.C10H13NO2S/c1-7-2-3-11(18)17(15(7)20)6-12(19)22-13-8-4-9-10(5-8)16(21)23-14(9)13;1-8-6-7-23(17,18)16(24(8,19)20)10-4-2-9(3-5-10)15-25(21,22)11(12,13)14;1-8-3-4-9(12)11(20(8,16)17)7-10(13)18-5-6-19(2,14)15;1-7-3-4-9(13)11(10(7)14)6-5-8(2)12/h8-10,13-14H,1-6H2;9-10,15H,1-7H2;1,3-7H2,2H3;1,3-6H2,2H3. The van der Waals surface area contributed by atoms with Crippen LogP contribution >= 0.6 is 12.2 Å². The summed E-state index contributed by atoms with van der Waals surface area (Å²) in [7, 11) is -21.2. The van der Waals surface area contributed by atoms with Crippen LogP contribution in [-0.2, 0) is 102 Å². The molecule has 0 aromatic heterocycles. The van der Waals surface area contributed by atoms with Gasteiger partial charge in [-0.2, -0.15) is 13.2 Å². The van der Waals surface area contributed by atoms with Gasteiger partial charge in [-0.15, -0.1) is 0 Å². The third-order valence-corrected chi connectivity index (χ3v) is 23.4. The molecule has 2 bridgehead atoms. The van der Waals surface area contributed by atoms with E-state index in [-0.39, 0.29) is 121 Å². The lowest BCUT2D eigenvalue weighted by Crippen LogP contribution is -2.52. The van der Waals surface area contributed by atoms with Gasteiger partial charge >= 0.3 is 33.4 Å². The van der Waals surface area contributed by atoms with Crippen molar-refractivity contribution in [3.63, 3.8) is 0 Å². The number of thiocarbonyl (C=S) groups is 1. The van der Waals surface area contributed by atoms with Crippen LogP contribution in [0.15, 0.2) is 47.3 Å². The first kappa shape index (κ1) is 67.5. The molecule has 5 unspecified atom stereocenters. The number of piperidine rings is 2. The van der Waals surface area contributed by atoms with Crippen LogP contribution in [0.3, 0.4) is 0 Å². The van der Waals surface area contributed by atoms with E-state index < -0.39 is 116 Å². The maximum Gasteiger partial charge on any atom is 0.511 e. The van der Waals surface area contributed by atoms with Gasteiger partial charge in [0.2, 0.25) is 27.7 Å². The Balaban J connectivity index is 0.000000204. The second-order valence-electron chi connectivity index (χ2n) is 20.4. The van der Waals surface area contributed by atoms with Crippen molar-refractivity contribution in [2.75, 3.05) is 44.0 Å². The van der Waals surface area contributed by atoms with E-state index in [1.165, 1.54) is 16.5 Å². The highest BCUT2D eigenvalue weighted by atomic mass is 32.3. The number of hydrogen-bond acceptors (Lipinski definition) is 22. The lowest BCUT2D eigenvalue weighted by molar-refractivity contribution is -0.166. The highest BCUT2D eigenvalue weighted by Crippen LogP contribution is 2.55. The van der Waals surface area contributed by atoms with Crippen molar-refractivity contribution in [2.45, 2.75) is 127 Å². The van der Waals surface area contributed by atoms with Crippen LogP contribution in [0, 0.1) is 17.8 Å². The van der Waals surface area contributed by atoms with Crippen molar-refractivity contribution < 1.29 is 108 Å². The number of amides is 4. The van der Waals surface area contributed by atoms with Crippen LogP contribution < -0.4 is 4.72 Å². The third kappa shape index (κ3) is 16.3. The Bertz CT molecular complexity index is 3290. The van der Waals surface area contributed by atoms with Crippen molar-refractivity contribution in [3.8, 4) is 0 Å². The summed E-state index contributed by atoms with van der Waals surface area (Å²) in [6, 6.07) is -2.00. The van der Waals surface area contributed by atoms with E-state index in [4.69, 9.17) is 21.7 Å². The molecule has 8 rings (SSSR count). The fourth-order valence-electron chi connectivity index (χ4n) is 9.93. The molecule has 3 saturated carbocycles. The molecule has 8 aliphatic rings. The number of hydrogen-bond donors (Lipinski definition) is 1. The van der Waals surface area contributed by atoms with Gasteiger partial charge in [0.05, 0.1) is 27.2 Å². The van der Waals surface area contributed by atoms with Gasteiger partial charge in [0.1, 0.15) is 42.7 Å². The summed E-state index contributed by atoms with van der Waals surface area (Å²) in [5.74, 6) is -3.92. The summed E-state index contributed by atoms with van der Waals surface area (Å²) in [6.07, 6.45) is 3.02. The summed E-state index contributed by atoms with van der Waals surface area (Å²) < 4.78 is 171. The van der Waals surface area contributed by atoms with Crippen LogP contribution in [0.25, 0.3) is 0 Å². The van der Waals surface area contributed by atoms with Crippen molar-refractivity contribution in [3.05, 3.63) is 47.3 Å². The maximum absolute atomic E-state index is 12.4. The lowest BCUT2D eigenvalue weighted by Gasteiger charge is -2.37. The molecule has 5 aliphatic heterocycles. The number of sulfone groups is 1. The quantitative estimate of drug-likeness (QED) is 0.0842. The molecular weight excluding hydrogens is 1220 g/mol. The fraction of sp³-hybridized carbons (Fsp3) is 0.638. The molecule has 458 valence electrons. The Morgan fingerprint density at radius 1 is 0.756 bits per heavy atom. The van der Waals surface area contributed by atoms with E-state index >= 15 is 0 Å². The number of esters is 3. The number of halogens is 3. The molecule has 3 aliphatic carbocycles. The number of alkyl halides is 3. The fourth-order valence-corrected chi connectivity index (χ4v) is 17.2. The van der Waals surface area contributed by atoms with Crippen molar-refractivity contribution in [1.82, 2.24) is 22.5 Å². The molecule has 0 aromatic carbocycles. The van der Waals surface area contributed by atoms with E-state index in [0.29, 0.717) is 57.2 Å². The predicted molar refractivity (Wildman–Crippen MR) is 285 cm³/mol. The molecule has 35 heteroatoms. The SMILES string of the molecule is C=C1CCC(=O)N(CC(=O)OC2C3CC4C(=O)OC2C4C3)C1=O.C=C1CCC(=O)N(CC(=O)OCCS(C)(=O)=O)S1(=O)=O.C=C1CCC(=O)N(CCC(C)=O)C1=S.C=C1CCS(=O)(=O)N(C2CCC(NS(=O)(=O)C(F)(F)F)CC2)S1(=O)=O. The molecule has 82 heavy (non-hydrogen) atoms. The average Bonchev–Trinajstić information content (AvgIpc) is 3.48. The van der Waals surface area contributed by atoms with Gasteiger partial charge in [0.25, 0.3) is 26.0 Å². The monoisotopic (exact) mass is 1280 g/mol. The number of fused-ring (bicyclic) bond motifs is 1. The number of carbonyl (C=O) groups is 8. The second-order valence-corrected chi connectivity index (χ2v) is 30.8. The number of imide groups is 1. The van der Waals surface area contributed by atoms with Gasteiger partial charge in [0, 0.05) is 68.0 Å². The van der Waals surface area contributed by atoms with Gasteiger partial charge in [-0.05, 0) is 76.7 Å². The van der Waals surface area contributed by atoms with E-state index in [1.807, 2.05) is 0 Å². The first-order chi connectivity index (χ1) is 37.7. The summed E-state index contributed by atoms with van der Waals surface area (Å²) in [4.78, 5) is 95.3. The van der Waals surface area contributed by atoms with Crippen molar-refractivity contribution in [2.24, 2.45) is 17.8 Å². The average molecular weight is 1280 g/mol. The highest BCUT2D eigenvalue weighted by molar-refractivity contribution is 8.06. The molecule has 4 amide bonds. The largest absolute Gasteiger partial charge is 0.511 e. The molecule has 1 N–H and O–H groups in total. The second kappa shape index (κ2) is 26.3. The van der Waals surface area contributed by atoms with Gasteiger partial charge < -0.3 is 19.1 Å². The minimum atomic E-state index is -5.51. The molecular formula is C47H62F3N5O21S6. The third-order valence-electron chi connectivity index (χ3n) is 14.3. The molecule has 0 aromatic rings. The van der Waals surface area contributed by atoms with Gasteiger partial charge in [-0.3, -0.25) is 43.3 Å². The zero-order valence-corrected chi connectivity index (χ0v) is 49.4. The van der Waals surface area contributed by atoms with E-state index in [0.717, 1.165) is 23.1 Å². The van der Waals surface area contributed by atoms with E-state index in [2.05, 4.69) is 31.1 Å². The van der Waals surface area contributed by atoms with Gasteiger partial charge in [-0.1, -0.05) is 42.2 Å². The number of likely N-dealkylation sites (tertiary alicyclic amines) is 2. The van der Waals surface area contributed by atoms with E-state index in [1.54, 1.807) is 0 Å². The summed E-state index contributed by atoms with van der Waals surface area (Å²) in [6.45, 7) is 14.4. The molecule has 26 nitrogen and oxygen atoms in total. The molecule has 0 radical (unpaired) electrons. The van der Waals surface area contributed by atoms with Crippen molar-refractivity contribution in [1.29, 1.82) is 0 Å². The van der Waals surface area contributed by atoms with Crippen LogP contribution in [0.5, 0.6) is 0 Å². The molecule has 5 heterocycles. The van der Waals surface area contributed by atoms with Crippen molar-refractivity contribution >= 4 is 114 Å². The zero-order valence-electron chi connectivity index (χ0n) is 44.5.